The third-order valence-electron chi connectivity index (χ3n) is 3.56. The molecule has 0 aliphatic rings. The van der Waals surface area contributed by atoms with E-state index in [9.17, 15) is 4.79 Å². The van der Waals surface area contributed by atoms with E-state index in [1.807, 2.05) is 28.2 Å². The summed E-state index contributed by atoms with van der Waals surface area (Å²) in [6.07, 6.45) is 0.920. The maximum Gasteiger partial charge on any atom is 0.261 e. The summed E-state index contributed by atoms with van der Waals surface area (Å²) in [4.78, 5) is 12.8. The minimum atomic E-state index is 0.00625. The number of rotatable bonds is 5. The van der Waals surface area contributed by atoms with Gasteiger partial charge in [0.1, 0.15) is 0 Å². The van der Waals surface area contributed by atoms with Crippen LogP contribution in [0.3, 0.4) is 0 Å². The van der Waals surface area contributed by atoms with E-state index in [1.165, 1.54) is 0 Å². The van der Waals surface area contributed by atoms with Crippen molar-refractivity contribution in [3.05, 3.63) is 33.0 Å². The lowest BCUT2D eigenvalue weighted by Crippen LogP contribution is -2.26. The SMILES string of the molecule is CCCn1c(C(C)C)ccc(-c2n[nH]c(=S)n2CC)c1=O. The zero-order valence-corrected chi connectivity index (χ0v) is 13.8. The number of nitrogens with zero attached hydrogens (tertiary/aromatic N) is 3. The number of hydrogen-bond donors (Lipinski definition) is 1. The normalized spacial score (nSPS) is 11.3. The van der Waals surface area contributed by atoms with Gasteiger partial charge in [0.05, 0.1) is 5.56 Å². The maximum absolute atomic E-state index is 12.8. The van der Waals surface area contributed by atoms with Crippen molar-refractivity contribution in [3.8, 4) is 11.4 Å². The molecule has 2 rings (SSSR count). The molecule has 0 aromatic carbocycles. The predicted octanol–water partition coefficient (Wildman–Crippen LogP) is 3.32. The molecule has 2 aromatic rings. The van der Waals surface area contributed by atoms with Crippen molar-refractivity contribution in [1.82, 2.24) is 19.3 Å². The average Bonchev–Trinajstić information content (AvgIpc) is 2.81. The van der Waals surface area contributed by atoms with Gasteiger partial charge in [-0.25, -0.2) is 0 Å². The Kier molecular flexibility index (Phi) is 4.77. The number of hydrogen-bond acceptors (Lipinski definition) is 3. The Balaban J connectivity index is 2.69. The van der Waals surface area contributed by atoms with E-state index in [0.717, 1.165) is 18.7 Å². The summed E-state index contributed by atoms with van der Waals surface area (Å²) in [5.41, 5.74) is 1.66. The summed E-state index contributed by atoms with van der Waals surface area (Å²) >= 11 is 5.20. The van der Waals surface area contributed by atoms with E-state index < -0.39 is 0 Å². The molecule has 114 valence electrons. The lowest BCUT2D eigenvalue weighted by Gasteiger charge is -2.16. The smallest absolute Gasteiger partial charge is 0.261 e. The fourth-order valence-corrected chi connectivity index (χ4v) is 2.80. The molecule has 5 nitrogen and oxygen atoms in total. The Morgan fingerprint density at radius 3 is 2.57 bits per heavy atom. The minimum Gasteiger partial charge on any atom is -0.312 e. The monoisotopic (exact) mass is 306 g/mol. The maximum atomic E-state index is 12.8. The van der Waals surface area contributed by atoms with Gasteiger partial charge in [0, 0.05) is 18.8 Å². The lowest BCUT2D eigenvalue weighted by atomic mass is 10.1. The van der Waals surface area contributed by atoms with Crippen LogP contribution >= 0.6 is 12.2 Å². The molecular weight excluding hydrogens is 284 g/mol. The summed E-state index contributed by atoms with van der Waals surface area (Å²) in [6.45, 7) is 9.67. The van der Waals surface area contributed by atoms with Crippen molar-refractivity contribution in [2.24, 2.45) is 0 Å². The van der Waals surface area contributed by atoms with Gasteiger partial charge in [-0.3, -0.25) is 9.89 Å². The number of pyridine rings is 1. The third-order valence-corrected chi connectivity index (χ3v) is 3.87. The standard InChI is InChI=1S/C15H22N4OS/c1-5-9-19-12(10(3)4)8-7-11(14(19)20)13-16-17-15(21)18(13)6-2/h7-8,10H,5-6,9H2,1-4H3,(H,17,21). The fraction of sp³-hybridized carbons (Fsp3) is 0.533. The number of aromatic nitrogens is 4. The van der Waals surface area contributed by atoms with E-state index in [2.05, 4.69) is 31.0 Å². The van der Waals surface area contributed by atoms with Gasteiger partial charge in [-0.05, 0) is 43.6 Å². The molecule has 0 unspecified atom stereocenters. The Morgan fingerprint density at radius 1 is 1.29 bits per heavy atom. The second-order valence-electron chi connectivity index (χ2n) is 5.38. The molecule has 6 heteroatoms. The fourth-order valence-electron chi connectivity index (χ4n) is 2.54. The van der Waals surface area contributed by atoms with Crippen LogP contribution in [0.25, 0.3) is 11.4 Å². The van der Waals surface area contributed by atoms with E-state index in [-0.39, 0.29) is 5.56 Å². The highest BCUT2D eigenvalue weighted by Gasteiger charge is 2.16. The molecule has 0 spiro atoms. The minimum absolute atomic E-state index is 0.00625. The van der Waals surface area contributed by atoms with Crippen molar-refractivity contribution in [2.45, 2.75) is 53.1 Å². The van der Waals surface area contributed by atoms with E-state index >= 15 is 0 Å². The van der Waals surface area contributed by atoms with Crippen LogP contribution in [0, 0.1) is 4.77 Å². The third kappa shape index (κ3) is 2.85. The number of nitrogens with one attached hydrogen (secondary N) is 1. The summed E-state index contributed by atoms with van der Waals surface area (Å²) in [6, 6.07) is 3.88. The Bertz CT molecular complexity index is 739. The van der Waals surface area contributed by atoms with Crippen LogP contribution in [-0.2, 0) is 13.1 Å². The Hall–Kier alpha value is -1.69. The van der Waals surface area contributed by atoms with Gasteiger partial charge in [-0.15, -0.1) is 0 Å². The summed E-state index contributed by atoms with van der Waals surface area (Å²) in [5.74, 6) is 0.929. The van der Waals surface area contributed by atoms with Crippen molar-refractivity contribution >= 4 is 12.2 Å². The highest BCUT2D eigenvalue weighted by Crippen LogP contribution is 2.18. The average molecular weight is 306 g/mol. The number of aromatic amines is 1. The Morgan fingerprint density at radius 2 is 2.00 bits per heavy atom. The van der Waals surface area contributed by atoms with E-state index in [4.69, 9.17) is 12.2 Å². The first-order chi connectivity index (χ1) is 10.0. The molecule has 2 heterocycles. The van der Waals surface area contributed by atoms with Crippen molar-refractivity contribution in [2.75, 3.05) is 0 Å². The van der Waals surface area contributed by atoms with Crippen molar-refractivity contribution in [1.29, 1.82) is 0 Å². The lowest BCUT2D eigenvalue weighted by molar-refractivity contribution is 0.596. The first-order valence-electron chi connectivity index (χ1n) is 7.40. The Labute approximate surface area is 129 Å². The van der Waals surface area contributed by atoms with E-state index in [0.29, 0.717) is 28.6 Å². The molecule has 0 fully saturated rings. The molecule has 2 aromatic heterocycles. The molecule has 0 aliphatic carbocycles. The van der Waals surface area contributed by atoms with Crippen LogP contribution in [0.15, 0.2) is 16.9 Å². The first-order valence-corrected chi connectivity index (χ1v) is 7.81. The molecular formula is C15H22N4OS. The van der Waals surface area contributed by atoms with E-state index in [1.54, 1.807) is 0 Å². The highest BCUT2D eigenvalue weighted by atomic mass is 32.1. The van der Waals surface area contributed by atoms with Crippen LogP contribution in [0.2, 0.25) is 0 Å². The molecule has 1 N–H and O–H groups in total. The summed E-state index contributed by atoms with van der Waals surface area (Å²) in [7, 11) is 0. The van der Waals surface area contributed by atoms with Gasteiger partial charge in [0.2, 0.25) is 0 Å². The predicted molar refractivity (Wildman–Crippen MR) is 87.2 cm³/mol. The van der Waals surface area contributed by atoms with Gasteiger partial charge in [0.25, 0.3) is 5.56 Å². The van der Waals surface area contributed by atoms with Crippen LogP contribution < -0.4 is 5.56 Å². The molecule has 0 saturated carbocycles. The molecule has 0 aliphatic heterocycles. The molecule has 21 heavy (non-hydrogen) atoms. The van der Waals surface area contributed by atoms with Crippen LogP contribution in [0.1, 0.15) is 45.7 Å². The van der Waals surface area contributed by atoms with Gasteiger partial charge in [-0.2, -0.15) is 5.10 Å². The number of H-pyrrole nitrogens is 1. The first kappa shape index (κ1) is 15.7. The molecule has 0 amide bonds. The largest absolute Gasteiger partial charge is 0.312 e. The van der Waals surface area contributed by atoms with Crippen molar-refractivity contribution < 1.29 is 0 Å². The molecule has 0 saturated heterocycles. The molecule has 0 radical (unpaired) electrons. The second-order valence-corrected chi connectivity index (χ2v) is 5.77. The van der Waals surface area contributed by atoms with Gasteiger partial charge in [0.15, 0.2) is 10.6 Å². The zero-order valence-electron chi connectivity index (χ0n) is 13.0. The summed E-state index contributed by atoms with van der Waals surface area (Å²) in [5, 5.41) is 7.00. The van der Waals surface area contributed by atoms with Crippen LogP contribution in [-0.4, -0.2) is 19.3 Å². The van der Waals surface area contributed by atoms with Gasteiger partial charge >= 0.3 is 0 Å². The van der Waals surface area contributed by atoms with Crippen LogP contribution in [0.5, 0.6) is 0 Å². The second kappa shape index (κ2) is 6.39. The summed E-state index contributed by atoms with van der Waals surface area (Å²) < 4.78 is 4.25. The molecule has 0 bridgehead atoms. The van der Waals surface area contributed by atoms with Crippen LogP contribution in [0.4, 0.5) is 0 Å². The van der Waals surface area contributed by atoms with Gasteiger partial charge < -0.3 is 9.13 Å². The van der Waals surface area contributed by atoms with Crippen molar-refractivity contribution in [3.63, 3.8) is 0 Å². The topological polar surface area (TPSA) is 55.6 Å². The quantitative estimate of drug-likeness (QED) is 0.862. The van der Waals surface area contributed by atoms with Gasteiger partial charge in [-0.1, -0.05) is 20.8 Å². The molecule has 0 atom stereocenters. The zero-order chi connectivity index (χ0) is 15.6. The highest BCUT2D eigenvalue weighted by molar-refractivity contribution is 7.71.